The molecule has 6 heteroatoms. The third-order valence-corrected chi connectivity index (χ3v) is 2.66. The number of nitro groups is 1. The molecule has 5 nitrogen and oxygen atoms in total. The van der Waals surface area contributed by atoms with Crippen LogP contribution >= 0.6 is 15.9 Å². The van der Waals surface area contributed by atoms with E-state index < -0.39 is 4.92 Å². The summed E-state index contributed by atoms with van der Waals surface area (Å²) in [5.74, 6) is 0.425. The summed E-state index contributed by atoms with van der Waals surface area (Å²) in [6.07, 6.45) is 0.549. The molecule has 1 heterocycles. The van der Waals surface area contributed by atoms with Crippen molar-refractivity contribution in [3.8, 4) is 11.3 Å². The molecular weight excluding hydrogens is 290 g/mol. The molecule has 1 aromatic heterocycles. The van der Waals surface area contributed by atoms with E-state index in [0.717, 1.165) is 0 Å². The molecule has 0 saturated carbocycles. The standard InChI is InChI=1S/C11H6BrNO4/c12-7-1-3-10(13(15)16)9(5-7)11-4-2-8(6-14)17-11/h1-6H. The second-order valence-electron chi connectivity index (χ2n) is 3.24. The average molecular weight is 296 g/mol. The second-order valence-corrected chi connectivity index (χ2v) is 4.15. The maximum atomic E-state index is 10.9. The number of nitro benzene ring substituents is 1. The quantitative estimate of drug-likeness (QED) is 0.494. The van der Waals surface area contributed by atoms with Crippen LogP contribution in [-0.4, -0.2) is 11.2 Å². The molecule has 86 valence electrons. The van der Waals surface area contributed by atoms with Crippen molar-refractivity contribution in [3.05, 3.63) is 50.7 Å². The Bertz CT molecular complexity index is 591. The van der Waals surface area contributed by atoms with Crippen molar-refractivity contribution in [1.82, 2.24) is 0 Å². The average Bonchev–Trinajstić information content (AvgIpc) is 2.76. The number of carbonyl (C=O) groups is 1. The Balaban J connectivity index is 2.60. The lowest BCUT2D eigenvalue weighted by Crippen LogP contribution is -1.91. The van der Waals surface area contributed by atoms with E-state index in [4.69, 9.17) is 4.42 Å². The van der Waals surface area contributed by atoms with E-state index in [-0.39, 0.29) is 11.4 Å². The van der Waals surface area contributed by atoms with Crippen LogP contribution in [0.4, 0.5) is 5.69 Å². The first-order valence-electron chi connectivity index (χ1n) is 4.61. The lowest BCUT2D eigenvalue weighted by Gasteiger charge is -2.00. The van der Waals surface area contributed by atoms with E-state index in [1.807, 2.05) is 0 Å². The number of rotatable bonds is 3. The van der Waals surface area contributed by atoms with Crippen molar-refractivity contribution in [3.63, 3.8) is 0 Å². The van der Waals surface area contributed by atoms with E-state index in [0.29, 0.717) is 22.1 Å². The van der Waals surface area contributed by atoms with E-state index >= 15 is 0 Å². The van der Waals surface area contributed by atoms with Crippen molar-refractivity contribution >= 4 is 27.9 Å². The molecule has 0 radical (unpaired) electrons. The first kappa shape index (κ1) is 11.5. The van der Waals surface area contributed by atoms with Gasteiger partial charge >= 0.3 is 0 Å². The lowest BCUT2D eigenvalue weighted by atomic mass is 10.1. The van der Waals surface area contributed by atoms with Gasteiger partial charge in [-0.05, 0) is 24.3 Å². The third-order valence-electron chi connectivity index (χ3n) is 2.16. The lowest BCUT2D eigenvalue weighted by molar-refractivity contribution is -0.384. The van der Waals surface area contributed by atoms with Gasteiger partial charge in [0.05, 0.1) is 10.5 Å². The van der Waals surface area contributed by atoms with Gasteiger partial charge in [-0.3, -0.25) is 14.9 Å². The predicted octanol–water partition coefficient (Wildman–Crippen LogP) is 3.43. The van der Waals surface area contributed by atoms with Crippen molar-refractivity contribution in [1.29, 1.82) is 0 Å². The van der Waals surface area contributed by atoms with Gasteiger partial charge in [-0.1, -0.05) is 15.9 Å². The molecule has 0 spiro atoms. The van der Waals surface area contributed by atoms with E-state index in [9.17, 15) is 14.9 Å². The van der Waals surface area contributed by atoms with Gasteiger partial charge in [-0.25, -0.2) is 0 Å². The largest absolute Gasteiger partial charge is 0.453 e. The Labute approximate surface area is 104 Å². The number of hydrogen-bond donors (Lipinski definition) is 0. The molecule has 0 fully saturated rings. The van der Waals surface area contributed by atoms with E-state index in [1.165, 1.54) is 18.2 Å². The van der Waals surface area contributed by atoms with Crippen LogP contribution in [0.3, 0.4) is 0 Å². The second kappa shape index (κ2) is 4.50. The molecule has 17 heavy (non-hydrogen) atoms. The van der Waals surface area contributed by atoms with Crippen LogP contribution in [0.5, 0.6) is 0 Å². The zero-order chi connectivity index (χ0) is 12.4. The minimum atomic E-state index is -0.495. The zero-order valence-corrected chi connectivity index (χ0v) is 10.0. The fourth-order valence-electron chi connectivity index (χ4n) is 1.43. The molecule has 2 rings (SSSR count). The minimum absolute atomic E-state index is 0.0694. The Hall–Kier alpha value is -1.95. The Morgan fingerprint density at radius 1 is 1.29 bits per heavy atom. The molecule has 0 unspecified atom stereocenters. The Morgan fingerprint density at radius 2 is 2.06 bits per heavy atom. The smallest absolute Gasteiger partial charge is 0.280 e. The van der Waals surface area contributed by atoms with Crippen molar-refractivity contribution in [2.24, 2.45) is 0 Å². The number of nitrogens with zero attached hydrogens (tertiary/aromatic N) is 1. The third kappa shape index (κ3) is 2.26. The first-order valence-corrected chi connectivity index (χ1v) is 5.40. The van der Waals surface area contributed by atoms with E-state index in [2.05, 4.69) is 15.9 Å². The normalized spacial score (nSPS) is 10.2. The van der Waals surface area contributed by atoms with Gasteiger partial charge < -0.3 is 4.42 Å². The van der Waals surface area contributed by atoms with Crippen LogP contribution in [0, 0.1) is 10.1 Å². The van der Waals surface area contributed by atoms with Crippen LogP contribution < -0.4 is 0 Å². The molecule has 0 amide bonds. The van der Waals surface area contributed by atoms with Crippen LogP contribution in [0.15, 0.2) is 39.2 Å². The SMILES string of the molecule is O=Cc1ccc(-c2cc(Br)ccc2[N+](=O)[O-])o1. The Morgan fingerprint density at radius 3 is 2.65 bits per heavy atom. The molecule has 0 aliphatic rings. The molecule has 0 aliphatic carbocycles. The van der Waals surface area contributed by atoms with Gasteiger partial charge in [0.2, 0.25) is 0 Å². The monoisotopic (exact) mass is 295 g/mol. The number of hydrogen-bond acceptors (Lipinski definition) is 4. The summed E-state index contributed by atoms with van der Waals surface area (Å²) >= 11 is 3.23. The van der Waals surface area contributed by atoms with Gasteiger partial charge in [0, 0.05) is 10.5 Å². The van der Waals surface area contributed by atoms with Gasteiger partial charge in [0.15, 0.2) is 12.0 Å². The highest BCUT2D eigenvalue weighted by Gasteiger charge is 2.18. The van der Waals surface area contributed by atoms with Gasteiger partial charge in [-0.15, -0.1) is 0 Å². The minimum Gasteiger partial charge on any atom is -0.453 e. The number of furan rings is 1. The zero-order valence-electron chi connectivity index (χ0n) is 8.42. The number of halogens is 1. The molecule has 0 aliphatic heterocycles. The van der Waals surface area contributed by atoms with Gasteiger partial charge in [-0.2, -0.15) is 0 Å². The fourth-order valence-corrected chi connectivity index (χ4v) is 1.79. The summed E-state index contributed by atoms with van der Waals surface area (Å²) in [7, 11) is 0. The van der Waals surface area contributed by atoms with Crippen molar-refractivity contribution in [2.75, 3.05) is 0 Å². The highest BCUT2D eigenvalue weighted by molar-refractivity contribution is 9.10. The summed E-state index contributed by atoms with van der Waals surface area (Å²) in [4.78, 5) is 20.9. The van der Waals surface area contributed by atoms with Gasteiger partial charge in [0.25, 0.3) is 5.69 Å². The molecule has 0 N–H and O–H groups in total. The van der Waals surface area contributed by atoms with Crippen molar-refractivity contribution in [2.45, 2.75) is 0 Å². The fraction of sp³-hybridized carbons (Fsp3) is 0. The predicted molar refractivity (Wildman–Crippen MR) is 63.9 cm³/mol. The highest BCUT2D eigenvalue weighted by Crippen LogP contribution is 2.33. The molecule has 0 saturated heterocycles. The molecular formula is C11H6BrNO4. The summed E-state index contributed by atoms with van der Waals surface area (Å²) in [6.45, 7) is 0. The topological polar surface area (TPSA) is 73.3 Å². The maximum absolute atomic E-state index is 10.9. The van der Waals surface area contributed by atoms with Crippen LogP contribution in [0.1, 0.15) is 10.6 Å². The Kier molecular flexibility index (Phi) is 3.06. The molecule has 0 bridgehead atoms. The highest BCUT2D eigenvalue weighted by atomic mass is 79.9. The number of carbonyl (C=O) groups excluding carboxylic acids is 1. The summed E-state index contributed by atoms with van der Waals surface area (Å²) in [6, 6.07) is 7.52. The van der Waals surface area contributed by atoms with Crippen LogP contribution in [0.2, 0.25) is 0 Å². The molecule has 2 aromatic rings. The number of aldehydes is 1. The summed E-state index contributed by atoms with van der Waals surface area (Å²) < 4.78 is 5.87. The van der Waals surface area contributed by atoms with Crippen molar-refractivity contribution < 1.29 is 14.1 Å². The molecule has 0 atom stereocenters. The first-order chi connectivity index (χ1) is 8.11. The molecule has 1 aromatic carbocycles. The number of benzene rings is 1. The maximum Gasteiger partial charge on any atom is 0.280 e. The van der Waals surface area contributed by atoms with E-state index in [1.54, 1.807) is 12.1 Å². The van der Waals surface area contributed by atoms with Gasteiger partial charge in [0.1, 0.15) is 5.76 Å². The summed E-state index contributed by atoms with van der Waals surface area (Å²) in [5, 5.41) is 10.9. The van der Waals surface area contributed by atoms with Crippen LogP contribution in [-0.2, 0) is 0 Å². The van der Waals surface area contributed by atoms with Crippen LogP contribution in [0.25, 0.3) is 11.3 Å². The summed E-state index contributed by atoms with van der Waals surface area (Å²) in [5.41, 5.74) is 0.262.